The molecule has 0 bridgehead atoms. The average Bonchev–Trinajstić information content (AvgIpc) is 3.07. The van der Waals surface area contributed by atoms with E-state index in [1.54, 1.807) is 19.9 Å². The number of aromatic nitrogens is 2. The van der Waals surface area contributed by atoms with Crippen LogP contribution in [0.2, 0.25) is 15.1 Å². The largest absolute Gasteiger partial charge is 0.474 e. The van der Waals surface area contributed by atoms with Crippen LogP contribution in [0.15, 0.2) is 35.3 Å². The lowest BCUT2D eigenvalue weighted by Gasteiger charge is -2.21. The van der Waals surface area contributed by atoms with Crippen molar-refractivity contribution < 1.29 is 23.0 Å². The third-order valence-corrected chi connectivity index (χ3v) is 5.72. The predicted molar refractivity (Wildman–Crippen MR) is 118 cm³/mol. The van der Waals surface area contributed by atoms with Crippen LogP contribution in [0, 0.1) is 0 Å². The Morgan fingerprint density at radius 1 is 1.25 bits per heavy atom. The molecule has 4 rings (SSSR count). The van der Waals surface area contributed by atoms with E-state index in [9.17, 15) is 13.6 Å². The molecule has 3 heterocycles. The number of fused-ring (bicyclic) bond motifs is 1. The Hall–Kier alpha value is -1.97. The molecule has 0 N–H and O–H groups in total. The Morgan fingerprint density at radius 2 is 1.94 bits per heavy atom. The summed E-state index contributed by atoms with van der Waals surface area (Å²) in [7, 11) is 0. The lowest BCUT2D eigenvalue weighted by Crippen LogP contribution is -2.25. The van der Waals surface area contributed by atoms with Gasteiger partial charge in [-0.1, -0.05) is 40.9 Å². The monoisotopic (exact) mass is 504 g/mol. The summed E-state index contributed by atoms with van der Waals surface area (Å²) in [5.41, 5.74) is -1.34. The molecule has 3 aromatic rings. The summed E-state index contributed by atoms with van der Waals surface area (Å²) in [6, 6.07) is 5.36. The van der Waals surface area contributed by atoms with Crippen LogP contribution < -0.4 is 10.2 Å². The number of hydrogen-bond acceptors (Lipinski definition) is 5. The number of hydrogen-bond donors (Lipinski definition) is 0. The Morgan fingerprint density at radius 3 is 2.53 bits per heavy atom. The molecule has 0 spiro atoms. The number of ether oxygens (including phenoxy) is 3. The van der Waals surface area contributed by atoms with Gasteiger partial charge in [-0.05, 0) is 26.0 Å². The fourth-order valence-electron chi connectivity index (χ4n) is 3.53. The summed E-state index contributed by atoms with van der Waals surface area (Å²) < 4.78 is 46.0. The van der Waals surface area contributed by atoms with Crippen molar-refractivity contribution in [1.82, 2.24) is 9.55 Å². The maximum atomic E-state index is 14.0. The van der Waals surface area contributed by atoms with Crippen molar-refractivity contribution in [3.05, 3.63) is 61.4 Å². The average molecular weight is 506 g/mol. The van der Waals surface area contributed by atoms with Crippen molar-refractivity contribution in [3.8, 4) is 11.6 Å². The molecule has 0 aliphatic carbocycles. The molecule has 0 saturated carbocycles. The molecular weight excluding hydrogens is 489 g/mol. The van der Waals surface area contributed by atoms with Crippen LogP contribution in [0.25, 0.3) is 16.6 Å². The molecule has 1 aliphatic heterocycles. The normalized spacial score (nSPS) is 17.9. The smallest absolute Gasteiger partial charge is 0.278 e. The number of alkyl halides is 2. The van der Waals surface area contributed by atoms with Gasteiger partial charge in [0.25, 0.3) is 6.43 Å². The SMILES string of the molecule is CC1(C)OCC(COc2ncc(Cl)c3c2c(=O)cc(C(F)F)n3-c2c(Cl)cccc2Cl)O1. The first-order valence-electron chi connectivity index (χ1n) is 9.50. The molecule has 1 aromatic carbocycles. The zero-order chi connectivity index (χ0) is 23.2. The van der Waals surface area contributed by atoms with Gasteiger partial charge in [-0.3, -0.25) is 4.79 Å². The van der Waals surface area contributed by atoms with Crippen molar-refractivity contribution in [2.45, 2.75) is 32.2 Å². The van der Waals surface area contributed by atoms with Crippen molar-refractivity contribution in [3.63, 3.8) is 0 Å². The number of benzene rings is 1. The number of halogens is 5. The van der Waals surface area contributed by atoms with Crippen LogP contribution in [-0.4, -0.2) is 34.7 Å². The van der Waals surface area contributed by atoms with E-state index in [1.807, 2.05) is 0 Å². The van der Waals surface area contributed by atoms with Crippen molar-refractivity contribution >= 4 is 45.7 Å². The van der Waals surface area contributed by atoms with Crippen molar-refractivity contribution in [1.29, 1.82) is 0 Å². The molecule has 6 nitrogen and oxygen atoms in total. The van der Waals surface area contributed by atoms with Gasteiger partial charge < -0.3 is 18.8 Å². The standard InChI is InChI=1S/C21H17Cl3F2N2O4/c1-21(2)31-9-10(32-21)8-30-20-16-15(29)6-14(19(25)26)28(18(16)13(24)7-27-20)17-11(22)4-3-5-12(17)23/h3-7,10,19H,8-9H2,1-2H3. The molecule has 0 amide bonds. The number of rotatable bonds is 5. The lowest BCUT2D eigenvalue weighted by atomic mass is 10.1. The first-order valence-corrected chi connectivity index (χ1v) is 10.6. The molecule has 32 heavy (non-hydrogen) atoms. The van der Waals surface area contributed by atoms with Crippen LogP contribution in [0.4, 0.5) is 8.78 Å². The first kappa shape index (κ1) is 23.2. The molecule has 1 atom stereocenters. The van der Waals surface area contributed by atoms with Gasteiger partial charge in [0.2, 0.25) is 5.88 Å². The second-order valence-corrected chi connectivity index (χ2v) is 8.76. The maximum Gasteiger partial charge on any atom is 0.278 e. The van der Waals surface area contributed by atoms with Gasteiger partial charge in [0, 0.05) is 6.07 Å². The molecule has 2 aromatic heterocycles. The highest BCUT2D eigenvalue weighted by atomic mass is 35.5. The van der Waals surface area contributed by atoms with E-state index < -0.39 is 29.4 Å². The summed E-state index contributed by atoms with van der Waals surface area (Å²) in [5, 5.41) is 0.0532. The summed E-state index contributed by atoms with van der Waals surface area (Å²) >= 11 is 18.9. The Bertz CT molecular complexity index is 1230. The molecule has 170 valence electrons. The zero-order valence-corrected chi connectivity index (χ0v) is 19.1. The minimum atomic E-state index is -3.01. The van der Waals surface area contributed by atoms with Crippen molar-refractivity contribution in [2.24, 2.45) is 0 Å². The second-order valence-electron chi connectivity index (χ2n) is 7.54. The van der Waals surface area contributed by atoms with Gasteiger partial charge >= 0.3 is 0 Å². The predicted octanol–water partition coefficient (Wildman–Crippen LogP) is 5.81. The molecular formula is C21H17Cl3F2N2O4. The fraction of sp³-hybridized carbons (Fsp3) is 0.333. The van der Waals surface area contributed by atoms with Crippen molar-refractivity contribution in [2.75, 3.05) is 13.2 Å². The van der Waals surface area contributed by atoms with Crippen LogP contribution >= 0.6 is 34.8 Å². The van der Waals surface area contributed by atoms with E-state index in [2.05, 4.69) is 4.98 Å². The molecule has 1 unspecified atom stereocenters. The maximum absolute atomic E-state index is 14.0. The van der Waals surface area contributed by atoms with Gasteiger partial charge in [0.15, 0.2) is 11.2 Å². The summed E-state index contributed by atoms with van der Waals surface area (Å²) in [6.45, 7) is 3.84. The van der Waals surface area contributed by atoms with Gasteiger partial charge in [0.1, 0.15) is 18.1 Å². The fourth-order valence-corrected chi connectivity index (χ4v) is 4.33. The number of pyridine rings is 2. The minimum Gasteiger partial charge on any atom is -0.474 e. The van der Waals surface area contributed by atoms with Crippen LogP contribution in [-0.2, 0) is 9.47 Å². The number of nitrogens with zero attached hydrogens (tertiary/aromatic N) is 2. The summed E-state index contributed by atoms with van der Waals surface area (Å²) in [5.74, 6) is -0.844. The third-order valence-electron chi connectivity index (χ3n) is 4.84. The quantitative estimate of drug-likeness (QED) is 0.438. The third kappa shape index (κ3) is 4.30. The van der Waals surface area contributed by atoms with E-state index >= 15 is 0 Å². The van der Waals surface area contributed by atoms with Gasteiger partial charge in [0.05, 0.1) is 44.8 Å². The van der Waals surface area contributed by atoms with Gasteiger partial charge in [-0.15, -0.1) is 0 Å². The van der Waals surface area contributed by atoms with Crippen LogP contribution in [0.1, 0.15) is 26.0 Å². The highest BCUT2D eigenvalue weighted by Gasteiger charge is 2.33. The van der Waals surface area contributed by atoms with E-state index in [0.717, 1.165) is 10.6 Å². The molecule has 1 saturated heterocycles. The highest BCUT2D eigenvalue weighted by Crippen LogP contribution is 2.38. The van der Waals surface area contributed by atoms with E-state index in [0.29, 0.717) is 0 Å². The van der Waals surface area contributed by atoms with Crippen LogP contribution in [0.3, 0.4) is 0 Å². The van der Waals surface area contributed by atoms with Crippen LogP contribution in [0.5, 0.6) is 5.88 Å². The molecule has 1 fully saturated rings. The van der Waals surface area contributed by atoms with E-state index in [-0.39, 0.29) is 50.8 Å². The summed E-state index contributed by atoms with van der Waals surface area (Å²) in [4.78, 5) is 17.0. The minimum absolute atomic E-state index is 0.0239. The second kappa shape index (κ2) is 8.76. The van der Waals surface area contributed by atoms with E-state index in [4.69, 9.17) is 49.0 Å². The summed E-state index contributed by atoms with van der Waals surface area (Å²) in [6.07, 6.45) is -2.21. The molecule has 11 heteroatoms. The number of para-hydroxylation sites is 1. The Balaban J connectivity index is 1.92. The molecule has 0 radical (unpaired) electrons. The Kier molecular flexibility index (Phi) is 6.35. The Labute approximate surface area is 196 Å². The molecule has 1 aliphatic rings. The first-order chi connectivity index (χ1) is 15.1. The van der Waals surface area contributed by atoms with Gasteiger partial charge in [-0.25, -0.2) is 13.8 Å². The van der Waals surface area contributed by atoms with E-state index in [1.165, 1.54) is 18.3 Å². The van der Waals surface area contributed by atoms with Gasteiger partial charge in [-0.2, -0.15) is 0 Å². The lowest BCUT2D eigenvalue weighted by molar-refractivity contribution is -0.141. The topological polar surface area (TPSA) is 62.6 Å². The highest BCUT2D eigenvalue weighted by molar-refractivity contribution is 6.38. The zero-order valence-electron chi connectivity index (χ0n) is 16.9.